The lowest BCUT2D eigenvalue weighted by Crippen LogP contribution is -2.28. The first-order valence-corrected chi connectivity index (χ1v) is 6.45. The van der Waals surface area contributed by atoms with Crippen molar-refractivity contribution in [3.63, 3.8) is 0 Å². The van der Waals surface area contributed by atoms with Crippen LogP contribution in [0.4, 0.5) is 4.39 Å². The fourth-order valence-electron chi connectivity index (χ4n) is 1.39. The number of halogens is 1. The average Bonchev–Trinajstić information content (AvgIpc) is 2.40. The number of hydrogen-bond donors (Lipinski definition) is 1. The normalized spacial score (nSPS) is 10.1. The van der Waals surface area contributed by atoms with Gasteiger partial charge in [0.1, 0.15) is 11.6 Å². The Kier molecular flexibility index (Phi) is 7.35. The van der Waals surface area contributed by atoms with Gasteiger partial charge >= 0.3 is 0 Å². The van der Waals surface area contributed by atoms with E-state index in [1.807, 2.05) is 6.92 Å². The molecule has 5 heteroatoms. The summed E-state index contributed by atoms with van der Waals surface area (Å²) in [5.74, 6) is 0.125. The summed E-state index contributed by atoms with van der Waals surface area (Å²) in [6.07, 6.45) is 0.248. The standard InChI is InChI=1S/C15H20FNO3/c1-12(2)11-19-10-8-17-15(18)7-9-20-14-5-3-13(16)4-6-14/h3-6H,1,7-11H2,2H3,(H,17,18). The third-order valence-corrected chi connectivity index (χ3v) is 2.33. The number of nitrogens with one attached hydrogen (secondary N) is 1. The van der Waals surface area contributed by atoms with Gasteiger partial charge in [0.15, 0.2) is 0 Å². The van der Waals surface area contributed by atoms with Gasteiger partial charge in [-0.1, -0.05) is 12.2 Å². The van der Waals surface area contributed by atoms with Crippen molar-refractivity contribution in [3.8, 4) is 5.75 Å². The van der Waals surface area contributed by atoms with Crippen molar-refractivity contribution < 1.29 is 18.7 Å². The summed E-state index contributed by atoms with van der Waals surface area (Å²) in [6, 6.07) is 5.68. The molecule has 1 N–H and O–H groups in total. The molecule has 0 unspecified atom stereocenters. The van der Waals surface area contributed by atoms with Crippen LogP contribution in [0.25, 0.3) is 0 Å². The summed E-state index contributed by atoms with van der Waals surface area (Å²) in [5.41, 5.74) is 0.948. The minimum absolute atomic E-state index is 0.106. The molecule has 0 atom stereocenters. The van der Waals surface area contributed by atoms with E-state index in [-0.39, 0.29) is 24.8 Å². The quantitative estimate of drug-likeness (QED) is 0.558. The van der Waals surface area contributed by atoms with Gasteiger partial charge < -0.3 is 14.8 Å². The van der Waals surface area contributed by atoms with Crippen LogP contribution in [0.15, 0.2) is 36.4 Å². The number of rotatable bonds is 9. The lowest BCUT2D eigenvalue weighted by atomic mass is 10.3. The van der Waals surface area contributed by atoms with Gasteiger partial charge in [0.25, 0.3) is 0 Å². The molecule has 4 nitrogen and oxygen atoms in total. The Morgan fingerprint density at radius 1 is 1.30 bits per heavy atom. The Morgan fingerprint density at radius 2 is 2.00 bits per heavy atom. The van der Waals surface area contributed by atoms with Crippen LogP contribution in [-0.2, 0) is 9.53 Å². The van der Waals surface area contributed by atoms with Crippen LogP contribution < -0.4 is 10.1 Å². The molecule has 1 rings (SSSR count). The van der Waals surface area contributed by atoms with Crippen molar-refractivity contribution in [2.45, 2.75) is 13.3 Å². The Morgan fingerprint density at radius 3 is 2.65 bits per heavy atom. The van der Waals surface area contributed by atoms with E-state index in [9.17, 15) is 9.18 Å². The molecule has 0 aliphatic rings. The summed E-state index contributed by atoms with van der Waals surface area (Å²) in [5, 5.41) is 2.72. The van der Waals surface area contributed by atoms with Crippen molar-refractivity contribution in [2.75, 3.05) is 26.4 Å². The Hall–Kier alpha value is -1.88. The number of ether oxygens (including phenoxy) is 2. The fourth-order valence-corrected chi connectivity index (χ4v) is 1.39. The first-order valence-electron chi connectivity index (χ1n) is 6.45. The molecule has 1 aromatic rings. The number of amides is 1. The monoisotopic (exact) mass is 281 g/mol. The number of benzene rings is 1. The fraction of sp³-hybridized carbons (Fsp3) is 0.400. The highest BCUT2D eigenvalue weighted by Crippen LogP contribution is 2.10. The first kappa shape index (κ1) is 16.2. The van der Waals surface area contributed by atoms with Gasteiger partial charge in [0, 0.05) is 6.54 Å². The van der Waals surface area contributed by atoms with Gasteiger partial charge in [0.2, 0.25) is 5.91 Å². The van der Waals surface area contributed by atoms with Gasteiger partial charge in [-0.3, -0.25) is 4.79 Å². The largest absolute Gasteiger partial charge is 0.493 e. The lowest BCUT2D eigenvalue weighted by molar-refractivity contribution is -0.121. The number of carbonyl (C=O) groups excluding carboxylic acids is 1. The van der Waals surface area contributed by atoms with E-state index in [2.05, 4.69) is 11.9 Å². The van der Waals surface area contributed by atoms with Crippen molar-refractivity contribution in [2.24, 2.45) is 0 Å². The van der Waals surface area contributed by atoms with Crippen molar-refractivity contribution in [1.82, 2.24) is 5.32 Å². The molecular formula is C15H20FNO3. The summed E-state index contributed by atoms with van der Waals surface area (Å²) in [7, 11) is 0. The van der Waals surface area contributed by atoms with Gasteiger partial charge in [-0.25, -0.2) is 4.39 Å². The van der Waals surface area contributed by atoms with E-state index >= 15 is 0 Å². The molecule has 0 aliphatic carbocycles. The number of hydrogen-bond acceptors (Lipinski definition) is 3. The van der Waals surface area contributed by atoms with E-state index in [0.717, 1.165) is 5.57 Å². The maximum Gasteiger partial charge on any atom is 0.223 e. The zero-order chi connectivity index (χ0) is 14.8. The second kappa shape index (κ2) is 9.09. The highest BCUT2D eigenvalue weighted by Gasteiger charge is 2.01. The van der Waals surface area contributed by atoms with Crippen molar-refractivity contribution in [1.29, 1.82) is 0 Å². The highest BCUT2D eigenvalue weighted by atomic mass is 19.1. The summed E-state index contributed by atoms with van der Waals surface area (Å²) in [6.45, 7) is 7.26. The van der Waals surface area contributed by atoms with Gasteiger partial charge in [-0.05, 0) is 31.2 Å². The summed E-state index contributed by atoms with van der Waals surface area (Å²) in [4.78, 5) is 11.5. The zero-order valence-corrected chi connectivity index (χ0v) is 11.7. The van der Waals surface area contributed by atoms with Crippen LogP contribution in [0, 0.1) is 5.82 Å². The third-order valence-electron chi connectivity index (χ3n) is 2.33. The second-order valence-electron chi connectivity index (χ2n) is 4.41. The SMILES string of the molecule is C=C(C)COCCNC(=O)CCOc1ccc(F)cc1. The predicted molar refractivity (Wildman–Crippen MR) is 75.2 cm³/mol. The summed E-state index contributed by atoms with van der Waals surface area (Å²) >= 11 is 0. The molecule has 0 heterocycles. The van der Waals surface area contributed by atoms with Crippen LogP contribution in [0.2, 0.25) is 0 Å². The molecule has 0 aromatic heterocycles. The smallest absolute Gasteiger partial charge is 0.223 e. The van der Waals surface area contributed by atoms with Crippen LogP contribution in [-0.4, -0.2) is 32.3 Å². The zero-order valence-electron chi connectivity index (χ0n) is 11.7. The third kappa shape index (κ3) is 7.53. The molecule has 0 bridgehead atoms. The molecular weight excluding hydrogens is 261 g/mol. The minimum atomic E-state index is -0.315. The van der Waals surface area contributed by atoms with E-state index in [1.165, 1.54) is 24.3 Å². The second-order valence-corrected chi connectivity index (χ2v) is 4.41. The van der Waals surface area contributed by atoms with Crippen LogP contribution in [0.1, 0.15) is 13.3 Å². The molecule has 0 radical (unpaired) electrons. The first-order chi connectivity index (χ1) is 9.58. The maximum atomic E-state index is 12.7. The van der Waals surface area contributed by atoms with E-state index in [4.69, 9.17) is 9.47 Å². The molecule has 20 heavy (non-hydrogen) atoms. The molecule has 0 saturated heterocycles. The predicted octanol–water partition coefficient (Wildman–Crippen LogP) is 2.30. The lowest BCUT2D eigenvalue weighted by Gasteiger charge is -2.08. The molecule has 0 spiro atoms. The van der Waals surface area contributed by atoms with Crippen molar-refractivity contribution in [3.05, 3.63) is 42.2 Å². The molecule has 0 saturated carbocycles. The Bertz CT molecular complexity index is 431. The molecule has 0 aliphatic heterocycles. The molecule has 1 aromatic carbocycles. The Balaban J connectivity index is 2.05. The minimum Gasteiger partial charge on any atom is -0.493 e. The molecule has 110 valence electrons. The molecule has 1 amide bonds. The average molecular weight is 281 g/mol. The van der Waals surface area contributed by atoms with Crippen LogP contribution in [0.5, 0.6) is 5.75 Å². The Labute approximate surface area is 118 Å². The van der Waals surface area contributed by atoms with Crippen LogP contribution >= 0.6 is 0 Å². The van der Waals surface area contributed by atoms with Gasteiger partial charge in [-0.15, -0.1) is 0 Å². The van der Waals surface area contributed by atoms with E-state index in [0.29, 0.717) is 25.5 Å². The van der Waals surface area contributed by atoms with Gasteiger partial charge in [0.05, 0.1) is 26.2 Å². The maximum absolute atomic E-state index is 12.7. The summed E-state index contributed by atoms with van der Waals surface area (Å²) < 4.78 is 23.2. The van der Waals surface area contributed by atoms with Crippen molar-refractivity contribution >= 4 is 5.91 Å². The topological polar surface area (TPSA) is 47.6 Å². The number of carbonyl (C=O) groups is 1. The van der Waals surface area contributed by atoms with E-state index < -0.39 is 0 Å². The van der Waals surface area contributed by atoms with Crippen LogP contribution in [0.3, 0.4) is 0 Å². The van der Waals surface area contributed by atoms with Gasteiger partial charge in [-0.2, -0.15) is 0 Å². The van der Waals surface area contributed by atoms with E-state index in [1.54, 1.807) is 0 Å². The highest BCUT2D eigenvalue weighted by molar-refractivity contribution is 5.75. The molecule has 0 fully saturated rings.